The number of carbonyl (C=O) groups excluding carboxylic acids is 1. The summed E-state index contributed by atoms with van der Waals surface area (Å²) in [6, 6.07) is 9.25. The number of hydrogen-bond donors (Lipinski definition) is 0. The molecule has 1 aromatic heterocycles. The number of aromatic nitrogens is 1. The summed E-state index contributed by atoms with van der Waals surface area (Å²) in [5.74, 6) is 1.13. The molecule has 0 fully saturated rings. The highest BCUT2D eigenvalue weighted by Crippen LogP contribution is 2.37. The van der Waals surface area contributed by atoms with Crippen molar-refractivity contribution in [3.8, 4) is 22.9 Å². The van der Waals surface area contributed by atoms with Crippen LogP contribution in [0.5, 0.6) is 11.6 Å². The van der Waals surface area contributed by atoms with Crippen LogP contribution in [0.15, 0.2) is 30.3 Å². The van der Waals surface area contributed by atoms with E-state index < -0.39 is 8.32 Å². The van der Waals surface area contributed by atoms with Crippen LogP contribution in [0, 0.1) is 6.92 Å². The van der Waals surface area contributed by atoms with Gasteiger partial charge < -0.3 is 18.8 Å². The van der Waals surface area contributed by atoms with Crippen LogP contribution in [0.25, 0.3) is 11.3 Å². The summed E-state index contributed by atoms with van der Waals surface area (Å²) in [6.07, 6.45) is 0. The Balaban J connectivity index is 2.25. The molecule has 0 radical (unpaired) electrons. The van der Waals surface area contributed by atoms with E-state index in [1.807, 2.05) is 31.2 Å². The Morgan fingerprint density at radius 3 is 2.32 bits per heavy atom. The third-order valence-corrected chi connectivity index (χ3v) is 10.3. The second-order valence-electron chi connectivity index (χ2n) is 9.39. The maximum atomic E-state index is 12.3. The smallest absolute Gasteiger partial charge is 0.253 e. The average molecular weight is 445 g/mol. The van der Waals surface area contributed by atoms with Gasteiger partial charge >= 0.3 is 0 Å². The van der Waals surface area contributed by atoms with Crippen molar-refractivity contribution >= 4 is 14.2 Å². The molecule has 0 atom stereocenters. The zero-order valence-electron chi connectivity index (χ0n) is 20.3. The number of carbonyl (C=O) groups is 1. The Bertz CT molecular complexity index is 920. The lowest BCUT2D eigenvalue weighted by molar-refractivity contribution is 0.0827. The SMILES string of the molecule is COc1ccc(OCCO[Si](C)(C)C(C)(C)C)c(-c2ccc(C(=O)N(C)C)cc2C)n1. The molecule has 0 N–H and O–H groups in total. The van der Waals surface area contributed by atoms with E-state index in [1.165, 1.54) is 0 Å². The lowest BCUT2D eigenvalue weighted by Crippen LogP contribution is -2.41. The van der Waals surface area contributed by atoms with E-state index >= 15 is 0 Å². The van der Waals surface area contributed by atoms with Crippen LogP contribution in [0.2, 0.25) is 18.1 Å². The standard InChI is InChI=1S/C24H36N2O4Si/c1-17-16-18(23(27)26(5)6)10-11-19(17)22-20(12-13-21(25-22)28-7)29-14-15-30-31(8,9)24(2,3)4/h10-13,16H,14-15H2,1-9H3. The third kappa shape index (κ3) is 6.08. The fourth-order valence-corrected chi connectivity index (χ4v) is 3.86. The molecule has 6 nitrogen and oxygen atoms in total. The molecule has 1 amide bonds. The topological polar surface area (TPSA) is 60.9 Å². The predicted octanol–water partition coefficient (Wildman–Crippen LogP) is 5.17. The average Bonchev–Trinajstić information content (AvgIpc) is 2.69. The molecule has 0 aliphatic carbocycles. The van der Waals surface area contributed by atoms with Gasteiger partial charge in [0, 0.05) is 31.3 Å². The Morgan fingerprint density at radius 2 is 1.77 bits per heavy atom. The number of amides is 1. The van der Waals surface area contributed by atoms with Gasteiger partial charge in [-0.1, -0.05) is 26.8 Å². The summed E-state index contributed by atoms with van der Waals surface area (Å²) < 4.78 is 17.6. The van der Waals surface area contributed by atoms with Crippen molar-refractivity contribution in [2.75, 3.05) is 34.4 Å². The van der Waals surface area contributed by atoms with Gasteiger partial charge in [-0.25, -0.2) is 4.98 Å². The van der Waals surface area contributed by atoms with Gasteiger partial charge in [0.1, 0.15) is 18.1 Å². The van der Waals surface area contributed by atoms with Gasteiger partial charge in [0.2, 0.25) is 5.88 Å². The predicted molar refractivity (Wildman–Crippen MR) is 128 cm³/mol. The molecule has 1 heterocycles. The van der Waals surface area contributed by atoms with Gasteiger partial charge in [-0.3, -0.25) is 4.79 Å². The maximum absolute atomic E-state index is 12.3. The molecule has 31 heavy (non-hydrogen) atoms. The molecule has 0 bridgehead atoms. The summed E-state index contributed by atoms with van der Waals surface area (Å²) in [6.45, 7) is 14.0. The van der Waals surface area contributed by atoms with Crippen molar-refractivity contribution in [2.24, 2.45) is 0 Å². The fraction of sp³-hybridized carbons (Fsp3) is 0.500. The van der Waals surface area contributed by atoms with Crippen molar-refractivity contribution in [3.05, 3.63) is 41.5 Å². The molecule has 0 unspecified atom stereocenters. The Labute approximate surface area is 187 Å². The second kappa shape index (κ2) is 9.83. The van der Waals surface area contributed by atoms with E-state index in [4.69, 9.17) is 13.9 Å². The molecule has 0 saturated heterocycles. The monoisotopic (exact) mass is 444 g/mol. The first-order chi connectivity index (χ1) is 14.4. The first-order valence-corrected chi connectivity index (χ1v) is 13.4. The molecule has 0 spiro atoms. The van der Waals surface area contributed by atoms with Crippen molar-refractivity contribution in [1.29, 1.82) is 0 Å². The lowest BCUT2D eigenvalue weighted by Gasteiger charge is -2.36. The molecule has 1 aromatic carbocycles. The number of rotatable bonds is 8. The highest BCUT2D eigenvalue weighted by atomic mass is 28.4. The summed E-state index contributed by atoms with van der Waals surface area (Å²) in [4.78, 5) is 18.5. The minimum absolute atomic E-state index is 0.0347. The van der Waals surface area contributed by atoms with E-state index in [1.54, 1.807) is 32.2 Å². The van der Waals surface area contributed by atoms with Crippen molar-refractivity contribution in [2.45, 2.75) is 45.8 Å². The highest BCUT2D eigenvalue weighted by Gasteiger charge is 2.36. The van der Waals surface area contributed by atoms with Gasteiger partial charge in [0.15, 0.2) is 8.32 Å². The molecular weight excluding hydrogens is 408 g/mol. The van der Waals surface area contributed by atoms with Crippen LogP contribution in [0.3, 0.4) is 0 Å². The molecule has 0 saturated carbocycles. The maximum Gasteiger partial charge on any atom is 0.253 e. The van der Waals surface area contributed by atoms with Crippen LogP contribution in [-0.4, -0.2) is 58.5 Å². The minimum Gasteiger partial charge on any atom is -0.489 e. The van der Waals surface area contributed by atoms with Crippen LogP contribution >= 0.6 is 0 Å². The molecule has 0 aliphatic rings. The van der Waals surface area contributed by atoms with Gasteiger partial charge in [-0.05, 0) is 48.8 Å². The van der Waals surface area contributed by atoms with Gasteiger partial charge in [-0.2, -0.15) is 0 Å². The Hall–Kier alpha value is -2.38. The number of ether oxygens (including phenoxy) is 2. The molecule has 2 aromatic rings. The molecule has 7 heteroatoms. The lowest BCUT2D eigenvalue weighted by atomic mass is 10.0. The first-order valence-electron chi connectivity index (χ1n) is 10.5. The number of aryl methyl sites for hydroxylation is 1. The number of pyridine rings is 1. The van der Waals surface area contributed by atoms with Crippen molar-refractivity contribution in [1.82, 2.24) is 9.88 Å². The van der Waals surface area contributed by atoms with Crippen LogP contribution in [-0.2, 0) is 4.43 Å². The molecule has 170 valence electrons. The number of hydrogen-bond acceptors (Lipinski definition) is 5. The van der Waals surface area contributed by atoms with E-state index in [9.17, 15) is 4.79 Å². The summed E-state index contributed by atoms with van der Waals surface area (Å²) >= 11 is 0. The zero-order chi connectivity index (χ0) is 23.4. The van der Waals surface area contributed by atoms with E-state index in [0.29, 0.717) is 36.1 Å². The van der Waals surface area contributed by atoms with E-state index in [0.717, 1.165) is 11.1 Å². The number of nitrogens with zero attached hydrogens (tertiary/aromatic N) is 2. The molecular formula is C24H36N2O4Si. The van der Waals surface area contributed by atoms with E-state index in [2.05, 4.69) is 38.8 Å². The van der Waals surface area contributed by atoms with Gasteiger partial charge in [0.05, 0.1) is 13.7 Å². The second-order valence-corrected chi connectivity index (χ2v) is 14.2. The van der Waals surface area contributed by atoms with E-state index in [-0.39, 0.29) is 10.9 Å². The van der Waals surface area contributed by atoms with Crippen LogP contribution in [0.4, 0.5) is 0 Å². The van der Waals surface area contributed by atoms with Gasteiger partial charge in [-0.15, -0.1) is 0 Å². The quantitative estimate of drug-likeness (QED) is 0.415. The summed E-state index contributed by atoms with van der Waals surface area (Å²) in [5.41, 5.74) is 3.16. The Morgan fingerprint density at radius 1 is 1.10 bits per heavy atom. The summed E-state index contributed by atoms with van der Waals surface area (Å²) in [5, 5.41) is 0.155. The van der Waals surface area contributed by atoms with Gasteiger partial charge in [0.25, 0.3) is 5.91 Å². The molecule has 0 aliphatic heterocycles. The normalized spacial score (nSPS) is 11.9. The number of methoxy groups -OCH3 is 1. The Kier molecular flexibility index (Phi) is 7.89. The first kappa shape index (κ1) is 24.9. The van der Waals surface area contributed by atoms with Crippen LogP contribution in [0.1, 0.15) is 36.7 Å². The third-order valence-electron chi connectivity index (χ3n) is 5.79. The molecule has 2 rings (SSSR count). The fourth-order valence-electron chi connectivity index (χ4n) is 2.84. The minimum atomic E-state index is -1.82. The number of benzene rings is 1. The van der Waals surface area contributed by atoms with Crippen LogP contribution < -0.4 is 9.47 Å². The van der Waals surface area contributed by atoms with Crippen molar-refractivity contribution < 1.29 is 18.7 Å². The van der Waals surface area contributed by atoms with Crippen molar-refractivity contribution in [3.63, 3.8) is 0 Å². The largest absolute Gasteiger partial charge is 0.489 e. The zero-order valence-corrected chi connectivity index (χ0v) is 21.3. The highest BCUT2D eigenvalue weighted by molar-refractivity contribution is 6.74. The summed E-state index contributed by atoms with van der Waals surface area (Å²) in [7, 11) is 3.25.